The molecule has 0 atom stereocenters. The van der Waals surface area contributed by atoms with E-state index in [0.29, 0.717) is 42.4 Å². The van der Waals surface area contributed by atoms with E-state index < -0.39 is 16.0 Å². The van der Waals surface area contributed by atoms with Gasteiger partial charge in [-0.2, -0.15) is 0 Å². The molecule has 2 N–H and O–H groups in total. The van der Waals surface area contributed by atoms with Crippen molar-refractivity contribution in [2.75, 3.05) is 13.2 Å². The third kappa shape index (κ3) is 6.80. The summed E-state index contributed by atoms with van der Waals surface area (Å²) in [6.07, 6.45) is 2.21. The van der Waals surface area contributed by atoms with E-state index in [-0.39, 0.29) is 23.8 Å². The number of carbonyl (C=O) groups is 2. The molecular formula is C22H24ClN3O5S. The van der Waals surface area contributed by atoms with E-state index in [1.165, 1.54) is 0 Å². The molecule has 8 nitrogen and oxygen atoms in total. The van der Waals surface area contributed by atoms with Crippen LogP contribution in [-0.4, -0.2) is 39.3 Å². The highest BCUT2D eigenvalue weighted by Crippen LogP contribution is 2.22. The third-order valence-electron chi connectivity index (χ3n) is 4.71. The van der Waals surface area contributed by atoms with Crippen molar-refractivity contribution in [3.8, 4) is 0 Å². The van der Waals surface area contributed by atoms with Crippen molar-refractivity contribution in [3.63, 3.8) is 0 Å². The lowest BCUT2D eigenvalue weighted by Gasteiger charge is -2.07. The summed E-state index contributed by atoms with van der Waals surface area (Å²) in [5, 5.41) is 3.25. The van der Waals surface area contributed by atoms with E-state index >= 15 is 0 Å². The number of benzene rings is 2. The fourth-order valence-corrected chi connectivity index (χ4v) is 4.58. The molecule has 0 fully saturated rings. The smallest absolute Gasteiger partial charge is 0.306 e. The molecule has 1 heterocycles. The molecule has 2 aromatic carbocycles. The Labute approximate surface area is 192 Å². The second-order valence-electron chi connectivity index (χ2n) is 7.21. The molecule has 0 aromatic heterocycles. The summed E-state index contributed by atoms with van der Waals surface area (Å²) in [6, 6.07) is 13.8. The van der Waals surface area contributed by atoms with E-state index in [1.807, 2.05) is 6.07 Å². The summed E-state index contributed by atoms with van der Waals surface area (Å²) in [5.74, 6) is -0.469. The Hall–Kier alpha value is -2.91. The molecule has 2 aromatic rings. The Kier molecular flexibility index (Phi) is 8.24. The summed E-state index contributed by atoms with van der Waals surface area (Å²) in [7, 11) is -3.53. The van der Waals surface area contributed by atoms with Gasteiger partial charge in [-0.15, -0.1) is 0 Å². The summed E-state index contributed by atoms with van der Waals surface area (Å²) in [4.78, 5) is 28.2. The number of nitrogens with zero attached hydrogens (tertiary/aromatic N) is 1. The zero-order valence-corrected chi connectivity index (χ0v) is 18.9. The van der Waals surface area contributed by atoms with Gasteiger partial charge in [0.15, 0.2) is 6.61 Å². The lowest BCUT2D eigenvalue weighted by Crippen LogP contribution is -2.28. The number of fused-ring (bicyclic) bond motifs is 1. The van der Waals surface area contributed by atoms with Gasteiger partial charge >= 0.3 is 5.97 Å². The van der Waals surface area contributed by atoms with E-state index in [9.17, 15) is 18.0 Å². The first-order valence-corrected chi connectivity index (χ1v) is 12.0. The Morgan fingerprint density at radius 3 is 2.69 bits per heavy atom. The van der Waals surface area contributed by atoms with Gasteiger partial charge in [0.1, 0.15) is 5.84 Å². The number of sulfonamides is 1. The molecular weight excluding hydrogens is 454 g/mol. The predicted molar refractivity (Wildman–Crippen MR) is 121 cm³/mol. The standard InChI is InChI=1S/C22H24ClN3O5S/c23-17-8-6-7-16(13-17)14-25-20(27)15-31-21(28)11-2-1-5-12-24-22-18-9-3-4-10-19(18)32(29,30)26-22/h3-4,6-10,13H,1-2,5,11-12,14-15H2,(H,24,26)(H,25,27). The highest BCUT2D eigenvalue weighted by atomic mass is 35.5. The van der Waals surface area contributed by atoms with Crippen molar-refractivity contribution in [3.05, 3.63) is 64.7 Å². The molecule has 0 radical (unpaired) electrons. The van der Waals surface area contributed by atoms with Crippen LogP contribution in [0.2, 0.25) is 5.02 Å². The van der Waals surface area contributed by atoms with Gasteiger partial charge in [-0.05, 0) is 42.7 Å². The molecule has 0 saturated carbocycles. The van der Waals surface area contributed by atoms with Crippen LogP contribution in [0.3, 0.4) is 0 Å². The van der Waals surface area contributed by atoms with Crippen LogP contribution in [0.25, 0.3) is 0 Å². The number of rotatable bonds is 10. The molecule has 0 unspecified atom stereocenters. The first-order valence-electron chi connectivity index (χ1n) is 10.2. The monoisotopic (exact) mass is 477 g/mol. The second kappa shape index (κ2) is 11.1. The number of amidine groups is 1. The highest BCUT2D eigenvalue weighted by Gasteiger charge is 2.29. The van der Waals surface area contributed by atoms with E-state index in [1.54, 1.807) is 42.5 Å². The molecule has 1 aliphatic heterocycles. The maximum absolute atomic E-state index is 12.0. The van der Waals surface area contributed by atoms with Gasteiger partial charge in [0, 0.05) is 30.1 Å². The molecule has 170 valence electrons. The number of aliphatic imine (C=N–C) groups is 1. The van der Waals surface area contributed by atoms with Crippen molar-refractivity contribution in [1.29, 1.82) is 0 Å². The molecule has 32 heavy (non-hydrogen) atoms. The van der Waals surface area contributed by atoms with Gasteiger partial charge in [0.25, 0.3) is 15.9 Å². The number of hydrogen-bond donors (Lipinski definition) is 2. The van der Waals surface area contributed by atoms with Crippen LogP contribution in [0.5, 0.6) is 0 Å². The fourth-order valence-electron chi connectivity index (χ4n) is 3.12. The van der Waals surface area contributed by atoms with Crippen LogP contribution >= 0.6 is 11.6 Å². The van der Waals surface area contributed by atoms with Gasteiger partial charge in [-0.1, -0.05) is 42.3 Å². The largest absolute Gasteiger partial charge is 0.456 e. The zero-order valence-electron chi connectivity index (χ0n) is 17.3. The van der Waals surface area contributed by atoms with Crippen LogP contribution < -0.4 is 10.0 Å². The highest BCUT2D eigenvalue weighted by molar-refractivity contribution is 7.90. The summed E-state index contributed by atoms with van der Waals surface area (Å²) < 4.78 is 31.5. The quantitative estimate of drug-likeness (QED) is 0.403. The number of amides is 1. The van der Waals surface area contributed by atoms with Gasteiger partial charge < -0.3 is 10.1 Å². The minimum Gasteiger partial charge on any atom is -0.456 e. The lowest BCUT2D eigenvalue weighted by molar-refractivity contribution is -0.148. The van der Waals surface area contributed by atoms with Crippen LogP contribution in [0.4, 0.5) is 0 Å². The van der Waals surface area contributed by atoms with Gasteiger partial charge in [0.2, 0.25) is 0 Å². The number of nitrogens with one attached hydrogen (secondary N) is 2. The minimum absolute atomic E-state index is 0.202. The third-order valence-corrected chi connectivity index (χ3v) is 6.35. The van der Waals surface area contributed by atoms with Crippen molar-refractivity contribution < 1.29 is 22.7 Å². The maximum atomic E-state index is 12.0. The second-order valence-corrected chi connectivity index (χ2v) is 9.30. The number of halogens is 1. The Morgan fingerprint density at radius 2 is 1.88 bits per heavy atom. The normalized spacial score (nSPS) is 15.1. The zero-order chi connectivity index (χ0) is 23.0. The average Bonchev–Trinajstić information content (AvgIpc) is 3.03. The van der Waals surface area contributed by atoms with Gasteiger partial charge in [0.05, 0.1) is 4.90 Å². The fraction of sp³-hybridized carbons (Fsp3) is 0.318. The maximum Gasteiger partial charge on any atom is 0.306 e. The van der Waals surface area contributed by atoms with Gasteiger partial charge in [-0.25, -0.2) is 8.42 Å². The van der Waals surface area contributed by atoms with Crippen molar-refractivity contribution in [2.45, 2.75) is 37.1 Å². The molecule has 1 amide bonds. The van der Waals surface area contributed by atoms with Crippen LogP contribution in [0, 0.1) is 0 Å². The number of carbonyl (C=O) groups excluding carboxylic acids is 2. The molecule has 0 saturated heterocycles. The molecule has 1 aliphatic rings. The molecule has 10 heteroatoms. The summed E-state index contributed by atoms with van der Waals surface area (Å²) in [5.41, 5.74) is 1.43. The first-order chi connectivity index (χ1) is 15.3. The van der Waals surface area contributed by atoms with Crippen LogP contribution in [0.1, 0.15) is 36.8 Å². The molecule has 0 spiro atoms. The lowest BCUT2D eigenvalue weighted by atomic mass is 10.2. The van der Waals surface area contributed by atoms with Crippen LogP contribution in [-0.2, 0) is 30.9 Å². The number of unbranched alkanes of at least 4 members (excludes halogenated alkanes) is 2. The Balaban J connectivity index is 1.29. The Morgan fingerprint density at radius 1 is 1.06 bits per heavy atom. The Bertz CT molecular complexity index is 1120. The summed E-state index contributed by atoms with van der Waals surface area (Å²) >= 11 is 5.89. The van der Waals surface area contributed by atoms with E-state index in [4.69, 9.17) is 16.3 Å². The summed E-state index contributed by atoms with van der Waals surface area (Å²) in [6.45, 7) is 0.416. The number of esters is 1. The molecule has 3 rings (SSSR count). The topological polar surface area (TPSA) is 114 Å². The minimum atomic E-state index is -3.53. The van der Waals surface area contributed by atoms with Crippen molar-refractivity contribution in [2.24, 2.45) is 4.99 Å². The first kappa shape index (κ1) is 23.7. The van der Waals surface area contributed by atoms with Gasteiger partial charge in [-0.3, -0.25) is 19.3 Å². The van der Waals surface area contributed by atoms with E-state index in [2.05, 4.69) is 15.0 Å². The van der Waals surface area contributed by atoms with Crippen molar-refractivity contribution in [1.82, 2.24) is 10.0 Å². The number of hydrogen-bond acceptors (Lipinski definition) is 6. The number of ether oxygens (including phenoxy) is 1. The van der Waals surface area contributed by atoms with Crippen molar-refractivity contribution >= 4 is 39.3 Å². The average molecular weight is 478 g/mol. The van der Waals surface area contributed by atoms with Crippen LogP contribution in [0.15, 0.2) is 58.4 Å². The van der Waals surface area contributed by atoms with E-state index in [0.717, 1.165) is 12.0 Å². The SMILES string of the molecule is O=C(COC(=O)CCCCCN=C1NS(=O)(=O)c2ccccc21)NCc1cccc(Cl)c1. The molecule has 0 bridgehead atoms. The molecule has 0 aliphatic carbocycles. The predicted octanol–water partition coefficient (Wildman–Crippen LogP) is 2.80.